The Balaban J connectivity index is 2.92. The molecule has 1 aromatic rings. The zero-order valence-corrected chi connectivity index (χ0v) is 13.0. The smallest absolute Gasteiger partial charge is 0.308 e. The number of benzene rings is 1. The number of hydrogen-bond acceptors (Lipinski definition) is 2. The van der Waals surface area contributed by atoms with E-state index in [9.17, 15) is 9.59 Å². The van der Waals surface area contributed by atoms with E-state index in [-0.39, 0.29) is 12.5 Å². The fraction of sp³-hybridized carbons (Fsp3) is 0.385. The second-order valence-electron chi connectivity index (χ2n) is 4.21. The lowest BCUT2D eigenvalue weighted by atomic mass is 10.1. The van der Waals surface area contributed by atoms with Gasteiger partial charge in [-0.05, 0) is 25.1 Å². The maximum absolute atomic E-state index is 12.3. The number of halogens is 2. The highest BCUT2D eigenvalue weighted by Crippen LogP contribution is 2.23. The second-order valence-corrected chi connectivity index (χ2v) is 5.53. The number of amides is 1. The molecule has 1 N–H and O–H groups in total. The zero-order valence-electron chi connectivity index (χ0n) is 10.7. The molecule has 0 aliphatic carbocycles. The minimum absolute atomic E-state index is 0.164. The molecular weight excluding hydrogens is 334 g/mol. The van der Waals surface area contributed by atoms with Gasteiger partial charge in [0.15, 0.2) is 0 Å². The summed E-state index contributed by atoms with van der Waals surface area (Å²) in [6.45, 7) is 3.97. The maximum atomic E-state index is 12.3. The van der Waals surface area contributed by atoms with Crippen molar-refractivity contribution in [1.82, 2.24) is 4.90 Å². The van der Waals surface area contributed by atoms with Crippen molar-refractivity contribution in [3.63, 3.8) is 0 Å². The SMILES string of the molecule is CCN(CC(C)C(=O)O)C(=O)c1ccc(Br)cc1Cl. The van der Waals surface area contributed by atoms with E-state index in [1.807, 2.05) is 0 Å². The first-order valence-corrected chi connectivity index (χ1v) is 7.01. The van der Waals surface area contributed by atoms with Gasteiger partial charge in [-0.3, -0.25) is 9.59 Å². The lowest BCUT2D eigenvalue weighted by Crippen LogP contribution is -2.36. The Labute approximate surface area is 125 Å². The molecular formula is C13H15BrClNO3. The quantitative estimate of drug-likeness (QED) is 0.888. The Hall–Kier alpha value is -1.07. The zero-order chi connectivity index (χ0) is 14.6. The van der Waals surface area contributed by atoms with Crippen molar-refractivity contribution < 1.29 is 14.7 Å². The third kappa shape index (κ3) is 4.21. The minimum atomic E-state index is -0.923. The van der Waals surface area contributed by atoms with Gasteiger partial charge >= 0.3 is 5.97 Å². The van der Waals surface area contributed by atoms with Gasteiger partial charge in [-0.15, -0.1) is 0 Å². The molecule has 0 saturated heterocycles. The number of rotatable bonds is 5. The maximum Gasteiger partial charge on any atom is 0.308 e. The Morgan fingerprint density at radius 1 is 1.47 bits per heavy atom. The highest BCUT2D eigenvalue weighted by molar-refractivity contribution is 9.10. The normalized spacial score (nSPS) is 12.0. The van der Waals surface area contributed by atoms with Gasteiger partial charge in [0.05, 0.1) is 16.5 Å². The molecule has 1 aromatic carbocycles. The largest absolute Gasteiger partial charge is 0.481 e. The topological polar surface area (TPSA) is 57.6 Å². The molecule has 0 heterocycles. The van der Waals surface area contributed by atoms with Gasteiger partial charge < -0.3 is 10.0 Å². The van der Waals surface area contributed by atoms with E-state index in [4.69, 9.17) is 16.7 Å². The van der Waals surface area contributed by atoms with Crippen LogP contribution in [-0.2, 0) is 4.79 Å². The van der Waals surface area contributed by atoms with Gasteiger partial charge in [-0.2, -0.15) is 0 Å². The van der Waals surface area contributed by atoms with E-state index in [2.05, 4.69) is 15.9 Å². The highest BCUT2D eigenvalue weighted by Gasteiger charge is 2.21. The Kier molecular flexibility index (Phi) is 5.82. The fourth-order valence-electron chi connectivity index (χ4n) is 1.60. The molecule has 1 amide bonds. The number of carboxylic acids is 1. The van der Waals surface area contributed by atoms with Crippen LogP contribution in [-0.4, -0.2) is 35.0 Å². The van der Waals surface area contributed by atoms with E-state index in [0.29, 0.717) is 17.1 Å². The van der Waals surface area contributed by atoms with Crippen molar-refractivity contribution in [2.75, 3.05) is 13.1 Å². The molecule has 0 radical (unpaired) electrons. The second kappa shape index (κ2) is 6.91. The minimum Gasteiger partial charge on any atom is -0.481 e. The van der Waals surface area contributed by atoms with Gasteiger partial charge in [0.25, 0.3) is 5.91 Å². The molecule has 0 aromatic heterocycles. The van der Waals surface area contributed by atoms with Crippen LogP contribution in [0, 0.1) is 5.92 Å². The van der Waals surface area contributed by atoms with Crippen molar-refractivity contribution in [1.29, 1.82) is 0 Å². The summed E-state index contributed by atoms with van der Waals surface area (Å²) < 4.78 is 0.788. The molecule has 19 heavy (non-hydrogen) atoms. The van der Waals surface area contributed by atoms with Crippen LogP contribution in [0.25, 0.3) is 0 Å². The number of aliphatic carboxylic acids is 1. The van der Waals surface area contributed by atoms with Crippen LogP contribution in [0.15, 0.2) is 22.7 Å². The summed E-state index contributed by atoms with van der Waals surface area (Å²) >= 11 is 9.30. The van der Waals surface area contributed by atoms with Crippen LogP contribution in [0.2, 0.25) is 5.02 Å². The van der Waals surface area contributed by atoms with Crippen molar-refractivity contribution >= 4 is 39.4 Å². The van der Waals surface area contributed by atoms with Crippen molar-refractivity contribution in [2.24, 2.45) is 5.92 Å². The molecule has 0 spiro atoms. The van der Waals surface area contributed by atoms with Crippen LogP contribution >= 0.6 is 27.5 Å². The van der Waals surface area contributed by atoms with Gasteiger partial charge in [0, 0.05) is 17.6 Å². The summed E-state index contributed by atoms with van der Waals surface area (Å²) in [6.07, 6.45) is 0. The standard InChI is InChI=1S/C13H15BrClNO3/c1-3-16(7-8(2)13(18)19)12(17)10-5-4-9(14)6-11(10)15/h4-6,8H,3,7H2,1-2H3,(H,18,19). The van der Waals surface area contributed by atoms with Crippen LogP contribution < -0.4 is 0 Å². The first-order valence-electron chi connectivity index (χ1n) is 5.84. The Bertz CT molecular complexity index is 493. The number of hydrogen-bond donors (Lipinski definition) is 1. The molecule has 6 heteroatoms. The van der Waals surface area contributed by atoms with E-state index < -0.39 is 11.9 Å². The summed E-state index contributed by atoms with van der Waals surface area (Å²) in [5, 5.41) is 9.25. The Morgan fingerprint density at radius 3 is 2.58 bits per heavy atom. The molecule has 0 bridgehead atoms. The lowest BCUT2D eigenvalue weighted by molar-refractivity contribution is -0.141. The predicted octanol–water partition coefficient (Wildman–Crippen LogP) is 3.29. The highest BCUT2D eigenvalue weighted by atomic mass is 79.9. The monoisotopic (exact) mass is 347 g/mol. The van der Waals surface area contributed by atoms with Crippen LogP contribution in [0.5, 0.6) is 0 Å². The third-order valence-electron chi connectivity index (χ3n) is 2.75. The first kappa shape index (κ1) is 16.0. The first-order chi connectivity index (χ1) is 8.86. The van der Waals surface area contributed by atoms with E-state index in [1.54, 1.807) is 32.0 Å². The molecule has 104 valence electrons. The molecule has 1 unspecified atom stereocenters. The molecule has 1 rings (SSSR count). The van der Waals surface area contributed by atoms with E-state index in [1.165, 1.54) is 4.90 Å². The molecule has 1 atom stereocenters. The van der Waals surface area contributed by atoms with Gasteiger partial charge in [-0.25, -0.2) is 0 Å². The fourth-order valence-corrected chi connectivity index (χ4v) is 2.35. The van der Waals surface area contributed by atoms with Gasteiger partial charge in [0.1, 0.15) is 0 Å². The van der Waals surface area contributed by atoms with Crippen LogP contribution in [0.3, 0.4) is 0 Å². The number of nitrogens with zero attached hydrogens (tertiary/aromatic N) is 1. The van der Waals surface area contributed by atoms with Crippen molar-refractivity contribution in [2.45, 2.75) is 13.8 Å². The predicted molar refractivity (Wildman–Crippen MR) is 77.5 cm³/mol. The van der Waals surface area contributed by atoms with E-state index in [0.717, 1.165) is 4.47 Å². The van der Waals surface area contributed by atoms with Crippen molar-refractivity contribution in [3.8, 4) is 0 Å². The average Bonchev–Trinajstić information content (AvgIpc) is 2.34. The summed E-state index contributed by atoms with van der Waals surface area (Å²) in [5.74, 6) is -1.79. The lowest BCUT2D eigenvalue weighted by Gasteiger charge is -2.23. The summed E-state index contributed by atoms with van der Waals surface area (Å²) in [5.41, 5.74) is 0.379. The van der Waals surface area contributed by atoms with E-state index >= 15 is 0 Å². The van der Waals surface area contributed by atoms with Gasteiger partial charge in [-0.1, -0.05) is 34.5 Å². The number of carbonyl (C=O) groups is 2. The molecule has 4 nitrogen and oxygen atoms in total. The molecule has 0 fully saturated rings. The molecule has 0 saturated carbocycles. The average molecular weight is 349 g/mol. The Morgan fingerprint density at radius 2 is 2.11 bits per heavy atom. The molecule has 0 aliphatic rings. The molecule has 0 aliphatic heterocycles. The summed E-state index contributed by atoms with van der Waals surface area (Å²) in [7, 11) is 0. The summed E-state index contributed by atoms with van der Waals surface area (Å²) in [6, 6.07) is 5.00. The van der Waals surface area contributed by atoms with Gasteiger partial charge in [0.2, 0.25) is 0 Å². The van der Waals surface area contributed by atoms with Crippen LogP contribution in [0.4, 0.5) is 0 Å². The van der Waals surface area contributed by atoms with Crippen molar-refractivity contribution in [3.05, 3.63) is 33.3 Å². The third-order valence-corrected chi connectivity index (χ3v) is 3.55. The van der Waals surface area contributed by atoms with Crippen LogP contribution in [0.1, 0.15) is 24.2 Å². The number of carbonyl (C=O) groups excluding carboxylic acids is 1. The summed E-state index contributed by atoms with van der Waals surface area (Å²) in [4.78, 5) is 24.6. The number of carboxylic acid groups (broad SMARTS) is 1.